The highest BCUT2D eigenvalue weighted by Gasteiger charge is 2.29. The van der Waals surface area contributed by atoms with Crippen molar-refractivity contribution in [2.75, 3.05) is 0 Å². The maximum absolute atomic E-state index is 10.7. The van der Waals surface area contributed by atoms with E-state index in [-0.39, 0.29) is 0 Å². The molecule has 1 fully saturated rings. The molecule has 1 aromatic carbocycles. The number of aliphatic hydroxyl groups is 1. The van der Waals surface area contributed by atoms with Crippen LogP contribution in [-0.4, -0.2) is 24.4 Å². The van der Waals surface area contributed by atoms with Gasteiger partial charge in [0.2, 0.25) is 0 Å². The van der Waals surface area contributed by atoms with Crippen LogP contribution in [0, 0.1) is 0 Å². The van der Waals surface area contributed by atoms with E-state index in [9.17, 15) is 5.11 Å². The molecule has 1 saturated carbocycles. The monoisotopic (exact) mass is 280 g/mol. The lowest BCUT2D eigenvalue weighted by Gasteiger charge is -2.15. The minimum atomic E-state index is -0.726. The highest BCUT2D eigenvalue weighted by atomic mass is 16.3. The topological polar surface area (TPSA) is 55.9 Å². The van der Waals surface area contributed by atoms with Gasteiger partial charge in [-0.2, -0.15) is 5.10 Å². The zero-order valence-corrected chi connectivity index (χ0v) is 11.5. The average Bonchev–Trinajstić information content (AvgIpc) is 3.06. The summed E-state index contributed by atoms with van der Waals surface area (Å²) in [5, 5.41) is 15.1. The average molecular weight is 280 g/mol. The van der Waals surface area contributed by atoms with Crippen LogP contribution in [0.5, 0.6) is 0 Å². The van der Waals surface area contributed by atoms with Gasteiger partial charge in [-0.05, 0) is 31.0 Å². The fourth-order valence-corrected chi connectivity index (χ4v) is 2.64. The Morgan fingerprint density at radius 3 is 2.67 bits per heavy atom. The molecule has 21 heavy (non-hydrogen) atoms. The molecule has 2 heterocycles. The summed E-state index contributed by atoms with van der Waals surface area (Å²) in [4.78, 5) is 4.19. The van der Waals surface area contributed by atoms with Crippen molar-refractivity contribution in [2.45, 2.75) is 25.0 Å². The molecule has 1 unspecified atom stereocenters. The molecule has 1 aliphatic carbocycles. The number of para-hydroxylation sites is 1. The van der Waals surface area contributed by atoms with Gasteiger partial charge in [0.05, 0.1) is 29.6 Å². The summed E-state index contributed by atoms with van der Waals surface area (Å²) in [5.74, 6) is 0. The predicted octanol–water partition coefficient (Wildman–Crippen LogP) is 2.49. The molecule has 0 radical (unpaired) electrons. The first-order valence-electron chi connectivity index (χ1n) is 7.14. The van der Waals surface area contributed by atoms with Crippen molar-refractivity contribution in [1.82, 2.24) is 19.3 Å². The standard InChI is InChI=1S/C16H16N4O/c21-16(15-10-17-11-19(15)12-6-7-12)14-8-9-18-20(14)13-4-2-1-3-5-13/h1-5,8-12,16,21H,6-7H2. The Kier molecular flexibility index (Phi) is 2.86. The maximum atomic E-state index is 10.7. The van der Waals surface area contributed by atoms with Crippen molar-refractivity contribution in [1.29, 1.82) is 0 Å². The third-order valence-corrected chi connectivity index (χ3v) is 3.87. The van der Waals surface area contributed by atoms with E-state index in [0.29, 0.717) is 6.04 Å². The van der Waals surface area contributed by atoms with Crippen molar-refractivity contribution in [3.63, 3.8) is 0 Å². The SMILES string of the molecule is OC(c1cncn1C1CC1)c1ccnn1-c1ccccc1. The Morgan fingerprint density at radius 2 is 1.90 bits per heavy atom. The summed E-state index contributed by atoms with van der Waals surface area (Å²) < 4.78 is 3.85. The van der Waals surface area contributed by atoms with Crippen molar-refractivity contribution < 1.29 is 5.11 Å². The summed E-state index contributed by atoms with van der Waals surface area (Å²) in [6.07, 6.45) is 6.85. The van der Waals surface area contributed by atoms with Gasteiger partial charge in [-0.1, -0.05) is 18.2 Å². The quantitative estimate of drug-likeness (QED) is 0.798. The van der Waals surface area contributed by atoms with E-state index in [1.807, 2.05) is 36.4 Å². The highest BCUT2D eigenvalue weighted by molar-refractivity contribution is 5.34. The van der Waals surface area contributed by atoms with Gasteiger partial charge in [-0.15, -0.1) is 0 Å². The van der Waals surface area contributed by atoms with Crippen LogP contribution in [0.25, 0.3) is 5.69 Å². The van der Waals surface area contributed by atoms with E-state index in [1.165, 1.54) is 0 Å². The zero-order chi connectivity index (χ0) is 14.2. The first kappa shape index (κ1) is 12.3. The van der Waals surface area contributed by atoms with Gasteiger partial charge in [0.25, 0.3) is 0 Å². The number of aliphatic hydroxyl groups excluding tert-OH is 1. The summed E-state index contributed by atoms with van der Waals surface area (Å²) in [7, 11) is 0. The fourth-order valence-electron chi connectivity index (χ4n) is 2.64. The van der Waals surface area contributed by atoms with Gasteiger partial charge in [0.15, 0.2) is 0 Å². The molecule has 4 rings (SSSR count). The van der Waals surface area contributed by atoms with Crippen LogP contribution in [-0.2, 0) is 0 Å². The molecule has 1 atom stereocenters. The Hall–Kier alpha value is -2.40. The van der Waals surface area contributed by atoms with Gasteiger partial charge >= 0.3 is 0 Å². The summed E-state index contributed by atoms with van der Waals surface area (Å²) in [5.41, 5.74) is 2.52. The molecule has 0 bridgehead atoms. The number of nitrogens with zero attached hydrogens (tertiary/aromatic N) is 4. The van der Waals surface area contributed by atoms with Crippen molar-refractivity contribution in [3.05, 3.63) is 66.5 Å². The van der Waals surface area contributed by atoms with Gasteiger partial charge in [-0.3, -0.25) is 0 Å². The first-order valence-corrected chi connectivity index (χ1v) is 7.14. The molecule has 1 aliphatic rings. The number of benzene rings is 1. The van der Waals surface area contributed by atoms with Crippen molar-refractivity contribution in [2.24, 2.45) is 0 Å². The Morgan fingerprint density at radius 1 is 1.10 bits per heavy atom. The van der Waals surface area contributed by atoms with E-state index in [1.54, 1.807) is 23.4 Å². The Labute approximate surface area is 122 Å². The van der Waals surface area contributed by atoms with E-state index >= 15 is 0 Å². The molecule has 2 aromatic heterocycles. The van der Waals surface area contributed by atoms with E-state index < -0.39 is 6.10 Å². The lowest BCUT2D eigenvalue weighted by molar-refractivity contribution is 0.201. The Bertz CT molecular complexity index is 742. The van der Waals surface area contributed by atoms with Crippen LogP contribution in [0.3, 0.4) is 0 Å². The maximum Gasteiger partial charge on any atom is 0.137 e. The van der Waals surface area contributed by atoms with Crippen molar-refractivity contribution >= 4 is 0 Å². The summed E-state index contributed by atoms with van der Waals surface area (Å²) >= 11 is 0. The third kappa shape index (κ3) is 2.15. The smallest absolute Gasteiger partial charge is 0.137 e. The number of hydrogen-bond donors (Lipinski definition) is 1. The molecular weight excluding hydrogens is 264 g/mol. The second kappa shape index (κ2) is 4.86. The van der Waals surface area contributed by atoms with E-state index in [2.05, 4.69) is 14.6 Å². The summed E-state index contributed by atoms with van der Waals surface area (Å²) in [6, 6.07) is 12.2. The van der Waals surface area contributed by atoms with Gasteiger partial charge in [0.1, 0.15) is 6.10 Å². The molecule has 0 saturated heterocycles. The molecule has 5 heteroatoms. The van der Waals surface area contributed by atoms with Crippen molar-refractivity contribution in [3.8, 4) is 5.69 Å². The highest BCUT2D eigenvalue weighted by Crippen LogP contribution is 2.38. The molecule has 106 valence electrons. The molecule has 0 amide bonds. The third-order valence-electron chi connectivity index (χ3n) is 3.87. The van der Waals surface area contributed by atoms with Gasteiger partial charge < -0.3 is 9.67 Å². The normalized spacial score (nSPS) is 16.0. The number of hydrogen-bond acceptors (Lipinski definition) is 3. The largest absolute Gasteiger partial charge is 0.380 e. The van der Waals surface area contributed by atoms with E-state index in [4.69, 9.17) is 0 Å². The second-order valence-electron chi connectivity index (χ2n) is 5.36. The lowest BCUT2D eigenvalue weighted by Crippen LogP contribution is -2.12. The number of rotatable bonds is 4. The number of aromatic nitrogens is 4. The van der Waals surface area contributed by atoms with Crippen LogP contribution >= 0.6 is 0 Å². The molecule has 1 N–H and O–H groups in total. The minimum absolute atomic E-state index is 0.491. The van der Waals surface area contributed by atoms with Crippen LogP contribution in [0.1, 0.15) is 36.4 Å². The first-order chi connectivity index (χ1) is 10.3. The van der Waals surface area contributed by atoms with Crippen LogP contribution in [0.4, 0.5) is 0 Å². The van der Waals surface area contributed by atoms with Crippen LogP contribution < -0.4 is 0 Å². The lowest BCUT2D eigenvalue weighted by atomic mass is 10.2. The zero-order valence-electron chi connectivity index (χ0n) is 11.5. The summed E-state index contributed by atoms with van der Waals surface area (Å²) in [6.45, 7) is 0. The van der Waals surface area contributed by atoms with Crippen LogP contribution in [0.15, 0.2) is 55.1 Å². The Balaban J connectivity index is 1.74. The number of imidazole rings is 1. The molecule has 5 nitrogen and oxygen atoms in total. The van der Waals surface area contributed by atoms with Crippen LogP contribution in [0.2, 0.25) is 0 Å². The second-order valence-corrected chi connectivity index (χ2v) is 5.36. The predicted molar refractivity (Wildman–Crippen MR) is 78.1 cm³/mol. The van der Waals surface area contributed by atoms with Gasteiger partial charge in [0, 0.05) is 12.2 Å². The minimum Gasteiger partial charge on any atom is -0.380 e. The molecule has 0 spiro atoms. The van der Waals surface area contributed by atoms with E-state index in [0.717, 1.165) is 29.9 Å². The molecule has 0 aliphatic heterocycles. The van der Waals surface area contributed by atoms with Gasteiger partial charge in [-0.25, -0.2) is 9.67 Å². The molecular formula is C16H16N4O. The fraction of sp³-hybridized carbons (Fsp3) is 0.250. The molecule has 3 aromatic rings.